The SMILES string of the molecule is CCCN(CC1CCCNC1)CC1COc2ccccc2O1.Cl. The molecule has 1 aromatic carbocycles. The van der Waals surface area contributed by atoms with E-state index in [-0.39, 0.29) is 18.5 Å². The Morgan fingerprint density at radius 2 is 2.04 bits per heavy atom. The zero-order valence-corrected chi connectivity index (χ0v) is 14.8. The molecule has 0 amide bonds. The average Bonchev–Trinajstić information content (AvgIpc) is 2.56. The van der Waals surface area contributed by atoms with Crippen molar-refractivity contribution in [2.45, 2.75) is 32.3 Å². The normalized spacial score (nSPS) is 23.4. The Balaban J connectivity index is 0.00000192. The van der Waals surface area contributed by atoms with E-state index in [0.29, 0.717) is 6.61 Å². The molecular formula is C18H29ClN2O2. The third-order valence-corrected chi connectivity index (χ3v) is 4.48. The van der Waals surface area contributed by atoms with Gasteiger partial charge in [-0.15, -0.1) is 12.4 Å². The Morgan fingerprint density at radius 1 is 1.22 bits per heavy atom. The molecule has 0 aromatic heterocycles. The highest BCUT2D eigenvalue weighted by molar-refractivity contribution is 5.85. The zero-order chi connectivity index (χ0) is 15.2. The summed E-state index contributed by atoms with van der Waals surface area (Å²) in [4.78, 5) is 2.56. The highest BCUT2D eigenvalue weighted by Gasteiger charge is 2.24. The number of ether oxygens (including phenoxy) is 2. The molecule has 0 bridgehead atoms. The van der Waals surface area contributed by atoms with Crippen LogP contribution in [0.2, 0.25) is 0 Å². The van der Waals surface area contributed by atoms with E-state index < -0.39 is 0 Å². The van der Waals surface area contributed by atoms with Crippen LogP contribution in [0.5, 0.6) is 11.5 Å². The van der Waals surface area contributed by atoms with Gasteiger partial charge in [-0.1, -0.05) is 19.1 Å². The van der Waals surface area contributed by atoms with Gasteiger partial charge >= 0.3 is 0 Å². The predicted octanol–water partition coefficient (Wildman–Crippen LogP) is 2.96. The minimum atomic E-state index is 0. The van der Waals surface area contributed by atoms with Crippen molar-refractivity contribution in [1.29, 1.82) is 0 Å². The fourth-order valence-corrected chi connectivity index (χ4v) is 3.46. The van der Waals surface area contributed by atoms with Crippen LogP contribution < -0.4 is 14.8 Å². The third kappa shape index (κ3) is 5.27. The monoisotopic (exact) mass is 340 g/mol. The Hall–Kier alpha value is -0.970. The maximum absolute atomic E-state index is 6.12. The number of para-hydroxylation sites is 2. The number of hydrogen-bond donors (Lipinski definition) is 1. The van der Waals surface area contributed by atoms with E-state index in [1.54, 1.807) is 0 Å². The van der Waals surface area contributed by atoms with Crippen LogP contribution in [-0.2, 0) is 0 Å². The van der Waals surface area contributed by atoms with Crippen molar-refractivity contribution in [2.75, 3.05) is 39.3 Å². The molecule has 2 aliphatic rings. The molecule has 2 unspecified atom stereocenters. The van der Waals surface area contributed by atoms with Gasteiger partial charge in [0.1, 0.15) is 12.7 Å². The van der Waals surface area contributed by atoms with Gasteiger partial charge in [-0.05, 0) is 56.9 Å². The lowest BCUT2D eigenvalue weighted by Crippen LogP contribution is -2.45. The summed E-state index contributed by atoms with van der Waals surface area (Å²) in [5, 5.41) is 3.52. The molecule has 0 saturated carbocycles. The van der Waals surface area contributed by atoms with Crippen LogP contribution in [0.1, 0.15) is 26.2 Å². The minimum absolute atomic E-state index is 0. The van der Waals surface area contributed by atoms with Crippen LogP contribution in [0.4, 0.5) is 0 Å². The number of fused-ring (bicyclic) bond motifs is 1. The maximum Gasteiger partial charge on any atom is 0.161 e. The maximum atomic E-state index is 6.12. The van der Waals surface area contributed by atoms with Crippen LogP contribution >= 0.6 is 12.4 Å². The third-order valence-electron chi connectivity index (χ3n) is 4.48. The van der Waals surface area contributed by atoms with Gasteiger partial charge in [-0.3, -0.25) is 4.90 Å². The first-order valence-electron chi connectivity index (χ1n) is 8.66. The highest BCUT2D eigenvalue weighted by atomic mass is 35.5. The fourth-order valence-electron chi connectivity index (χ4n) is 3.46. The zero-order valence-electron chi connectivity index (χ0n) is 14.0. The lowest BCUT2D eigenvalue weighted by atomic mass is 9.99. The van der Waals surface area contributed by atoms with E-state index in [1.807, 2.05) is 24.3 Å². The lowest BCUT2D eigenvalue weighted by Gasteiger charge is -2.34. The van der Waals surface area contributed by atoms with Crippen molar-refractivity contribution in [3.05, 3.63) is 24.3 Å². The second-order valence-corrected chi connectivity index (χ2v) is 6.47. The van der Waals surface area contributed by atoms with E-state index >= 15 is 0 Å². The molecule has 3 rings (SSSR count). The molecule has 5 heteroatoms. The molecule has 2 atom stereocenters. The van der Waals surface area contributed by atoms with E-state index in [2.05, 4.69) is 17.1 Å². The number of halogens is 1. The Morgan fingerprint density at radius 3 is 2.78 bits per heavy atom. The Kier molecular flexibility index (Phi) is 7.47. The summed E-state index contributed by atoms with van der Waals surface area (Å²) in [5.41, 5.74) is 0. The first kappa shape index (κ1) is 18.4. The summed E-state index contributed by atoms with van der Waals surface area (Å²) in [6.45, 7) is 8.50. The number of benzene rings is 1. The van der Waals surface area contributed by atoms with Gasteiger partial charge in [0.15, 0.2) is 11.5 Å². The van der Waals surface area contributed by atoms with E-state index in [9.17, 15) is 0 Å². The molecule has 23 heavy (non-hydrogen) atoms. The summed E-state index contributed by atoms with van der Waals surface area (Å²) < 4.78 is 12.0. The van der Waals surface area contributed by atoms with Gasteiger partial charge in [0.05, 0.1) is 0 Å². The molecule has 2 heterocycles. The predicted molar refractivity (Wildman–Crippen MR) is 95.9 cm³/mol. The summed E-state index contributed by atoms with van der Waals surface area (Å²) >= 11 is 0. The van der Waals surface area contributed by atoms with Gasteiger partial charge < -0.3 is 14.8 Å². The lowest BCUT2D eigenvalue weighted by molar-refractivity contribution is 0.0526. The van der Waals surface area contributed by atoms with Crippen molar-refractivity contribution in [1.82, 2.24) is 10.2 Å². The Bertz CT molecular complexity index is 466. The topological polar surface area (TPSA) is 33.7 Å². The largest absolute Gasteiger partial charge is 0.486 e. The van der Waals surface area contributed by atoms with Crippen molar-refractivity contribution < 1.29 is 9.47 Å². The molecule has 0 aliphatic carbocycles. The number of piperidine rings is 1. The molecule has 1 saturated heterocycles. The second-order valence-electron chi connectivity index (χ2n) is 6.47. The first-order valence-corrected chi connectivity index (χ1v) is 8.66. The van der Waals surface area contributed by atoms with Crippen molar-refractivity contribution in [3.63, 3.8) is 0 Å². The summed E-state index contributed by atoms with van der Waals surface area (Å²) in [5.74, 6) is 2.53. The molecule has 1 aromatic rings. The number of nitrogens with one attached hydrogen (secondary N) is 1. The van der Waals surface area contributed by atoms with Crippen LogP contribution in [0.3, 0.4) is 0 Å². The van der Waals surface area contributed by atoms with E-state index in [4.69, 9.17) is 9.47 Å². The van der Waals surface area contributed by atoms with Gasteiger partial charge in [-0.2, -0.15) is 0 Å². The number of rotatable bonds is 6. The van der Waals surface area contributed by atoms with E-state index in [0.717, 1.165) is 37.1 Å². The summed E-state index contributed by atoms with van der Waals surface area (Å²) in [7, 11) is 0. The number of hydrogen-bond acceptors (Lipinski definition) is 4. The van der Waals surface area contributed by atoms with Gasteiger partial charge in [0, 0.05) is 13.1 Å². The van der Waals surface area contributed by atoms with Gasteiger partial charge in [0.2, 0.25) is 0 Å². The van der Waals surface area contributed by atoms with Crippen molar-refractivity contribution >= 4 is 12.4 Å². The molecule has 2 aliphatic heterocycles. The van der Waals surface area contributed by atoms with Crippen LogP contribution in [0.15, 0.2) is 24.3 Å². The quantitative estimate of drug-likeness (QED) is 0.863. The van der Waals surface area contributed by atoms with Crippen LogP contribution in [-0.4, -0.2) is 50.3 Å². The average molecular weight is 341 g/mol. The standard InChI is InChI=1S/C18H28N2O2.ClH/c1-2-10-20(12-15-6-5-9-19-11-15)13-16-14-21-17-7-3-4-8-18(17)22-16;/h3-4,7-8,15-16,19H,2,5-6,9-14H2,1H3;1H. The first-order chi connectivity index (χ1) is 10.8. The Labute approximate surface area is 145 Å². The van der Waals surface area contributed by atoms with Crippen molar-refractivity contribution in [2.24, 2.45) is 5.92 Å². The molecule has 1 N–H and O–H groups in total. The second kappa shape index (κ2) is 9.36. The molecule has 1 fully saturated rings. The number of nitrogens with zero attached hydrogens (tertiary/aromatic N) is 1. The van der Waals surface area contributed by atoms with Crippen LogP contribution in [0, 0.1) is 5.92 Å². The molecular weight excluding hydrogens is 312 g/mol. The van der Waals surface area contributed by atoms with Crippen molar-refractivity contribution in [3.8, 4) is 11.5 Å². The molecule has 4 nitrogen and oxygen atoms in total. The minimum Gasteiger partial charge on any atom is -0.486 e. The van der Waals surface area contributed by atoms with Gasteiger partial charge in [0.25, 0.3) is 0 Å². The smallest absolute Gasteiger partial charge is 0.161 e. The molecule has 0 radical (unpaired) electrons. The van der Waals surface area contributed by atoms with Gasteiger partial charge in [-0.25, -0.2) is 0 Å². The highest BCUT2D eigenvalue weighted by Crippen LogP contribution is 2.31. The molecule has 0 spiro atoms. The molecule has 130 valence electrons. The summed E-state index contributed by atoms with van der Waals surface area (Å²) in [6, 6.07) is 7.96. The fraction of sp³-hybridized carbons (Fsp3) is 0.667. The van der Waals surface area contributed by atoms with E-state index in [1.165, 1.54) is 32.4 Å². The summed E-state index contributed by atoms with van der Waals surface area (Å²) in [6.07, 6.45) is 3.97. The van der Waals surface area contributed by atoms with Crippen LogP contribution in [0.25, 0.3) is 0 Å².